The molecule has 0 saturated heterocycles. The molecule has 5 unspecified atom stereocenters. The zero-order valence-corrected chi connectivity index (χ0v) is 30.9. The quantitative estimate of drug-likeness (QED) is 0.134. The fraction of sp³-hybridized carbons (Fsp3) is 0.872. The number of allylic oxidation sites excluding steroid dienone is 2. The Morgan fingerprint density at radius 3 is 2.41 bits per heavy atom. The van der Waals surface area contributed by atoms with Crippen LogP contribution in [-0.4, -0.2) is 37.5 Å². The molecule has 1 aromatic rings. The van der Waals surface area contributed by atoms with E-state index in [4.69, 9.17) is 11.5 Å². The molecule has 2 aliphatic rings. The van der Waals surface area contributed by atoms with Crippen LogP contribution in [0, 0.1) is 11.3 Å². The second-order valence-corrected chi connectivity index (χ2v) is 16.8. The molecule has 1 aromatic heterocycles. The molecule has 46 heavy (non-hydrogen) atoms. The first-order valence-corrected chi connectivity index (χ1v) is 19.2. The Bertz CT molecular complexity index is 1080. The zero-order valence-electron chi connectivity index (χ0n) is 30.9. The van der Waals surface area contributed by atoms with Crippen molar-refractivity contribution in [3.05, 3.63) is 23.5 Å². The molecular formula is C39H72N6O. The van der Waals surface area contributed by atoms with E-state index < -0.39 is 11.1 Å². The first kappa shape index (κ1) is 38.7. The van der Waals surface area contributed by atoms with Gasteiger partial charge in [-0.3, -0.25) is 9.48 Å². The number of unbranched alkanes of at least 4 members (excludes halogenated alkanes) is 1. The van der Waals surface area contributed by atoms with E-state index in [1.807, 2.05) is 17.8 Å². The van der Waals surface area contributed by atoms with Gasteiger partial charge in [-0.1, -0.05) is 94.9 Å². The molecule has 7 heteroatoms. The summed E-state index contributed by atoms with van der Waals surface area (Å²) < 4.78 is 1.96. The van der Waals surface area contributed by atoms with E-state index in [9.17, 15) is 4.79 Å². The van der Waals surface area contributed by atoms with Crippen LogP contribution < -0.4 is 16.8 Å². The van der Waals surface area contributed by atoms with Gasteiger partial charge in [-0.05, 0) is 103 Å². The smallest absolute Gasteiger partial charge is 0.220 e. The summed E-state index contributed by atoms with van der Waals surface area (Å²) in [6.45, 7) is 14.3. The fourth-order valence-electron chi connectivity index (χ4n) is 8.18. The standard InChI is InChI=1S/C39H72N6O/c1-7-33-19-12-8-9-14-24-36(3,28-23-32(2)18-11-10-13-20-33)25-15-16-29-45-30-34(43-44-45)21-22-35(46)42-39(6)31-37(4,40)26-17-27-38(39,5)41/h23,30,33H,7-22,24-29,31,40-41H2,1-6H3,(H,42,46)/b32-23-. The van der Waals surface area contributed by atoms with Gasteiger partial charge in [0.25, 0.3) is 0 Å². The zero-order chi connectivity index (χ0) is 33.7. The molecule has 1 heterocycles. The van der Waals surface area contributed by atoms with Crippen LogP contribution >= 0.6 is 0 Å². The Morgan fingerprint density at radius 1 is 0.957 bits per heavy atom. The van der Waals surface area contributed by atoms with Crippen molar-refractivity contribution in [2.45, 2.75) is 206 Å². The van der Waals surface area contributed by atoms with Crippen molar-refractivity contribution in [1.29, 1.82) is 0 Å². The fourth-order valence-corrected chi connectivity index (χ4v) is 8.18. The summed E-state index contributed by atoms with van der Waals surface area (Å²) in [5.41, 5.74) is 14.7. The molecule has 0 aromatic carbocycles. The van der Waals surface area contributed by atoms with Crippen LogP contribution in [0.3, 0.4) is 0 Å². The molecule has 2 aliphatic carbocycles. The van der Waals surface area contributed by atoms with E-state index in [-0.39, 0.29) is 11.4 Å². The van der Waals surface area contributed by atoms with Gasteiger partial charge in [0.2, 0.25) is 5.91 Å². The largest absolute Gasteiger partial charge is 0.349 e. The number of amides is 1. The summed E-state index contributed by atoms with van der Waals surface area (Å²) >= 11 is 0. The molecule has 5 atom stereocenters. The Hall–Kier alpha value is -1.73. The summed E-state index contributed by atoms with van der Waals surface area (Å²) in [7, 11) is 0. The second kappa shape index (κ2) is 18.1. The lowest BCUT2D eigenvalue weighted by molar-refractivity contribution is -0.124. The van der Waals surface area contributed by atoms with Crippen LogP contribution in [0.5, 0.6) is 0 Å². The number of nitrogens with one attached hydrogen (secondary N) is 1. The highest BCUT2D eigenvalue weighted by atomic mass is 16.1. The highest BCUT2D eigenvalue weighted by Gasteiger charge is 2.48. The lowest BCUT2D eigenvalue weighted by atomic mass is 9.73. The van der Waals surface area contributed by atoms with Gasteiger partial charge in [-0.25, -0.2) is 0 Å². The van der Waals surface area contributed by atoms with Gasteiger partial charge in [0, 0.05) is 36.7 Å². The molecule has 3 rings (SSSR count). The number of nitrogens with two attached hydrogens (primary N) is 2. The van der Waals surface area contributed by atoms with Gasteiger partial charge < -0.3 is 16.8 Å². The van der Waals surface area contributed by atoms with E-state index in [0.29, 0.717) is 24.7 Å². The van der Waals surface area contributed by atoms with Crippen LogP contribution in [-0.2, 0) is 17.8 Å². The van der Waals surface area contributed by atoms with Crippen molar-refractivity contribution >= 4 is 5.91 Å². The predicted octanol–water partition coefficient (Wildman–Crippen LogP) is 8.94. The number of carbonyl (C=O) groups excluding carboxylic acids is 1. The predicted molar refractivity (Wildman–Crippen MR) is 193 cm³/mol. The van der Waals surface area contributed by atoms with Crippen LogP contribution in [0.2, 0.25) is 0 Å². The molecule has 0 aliphatic heterocycles. The van der Waals surface area contributed by atoms with Gasteiger partial charge in [0.15, 0.2) is 0 Å². The number of aryl methyl sites for hydroxylation is 2. The lowest BCUT2D eigenvalue weighted by Gasteiger charge is -2.46. The molecule has 5 N–H and O–H groups in total. The van der Waals surface area contributed by atoms with E-state index in [0.717, 1.165) is 43.8 Å². The van der Waals surface area contributed by atoms with Gasteiger partial charge in [-0.15, -0.1) is 5.10 Å². The van der Waals surface area contributed by atoms with Gasteiger partial charge in [0.05, 0.1) is 11.2 Å². The van der Waals surface area contributed by atoms with Crippen LogP contribution in [0.15, 0.2) is 17.8 Å². The van der Waals surface area contributed by atoms with Gasteiger partial charge >= 0.3 is 0 Å². The third kappa shape index (κ3) is 13.1. The summed E-state index contributed by atoms with van der Waals surface area (Å²) in [6, 6.07) is 0. The average Bonchev–Trinajstić information content (AvgIpc) is 3.41. The molecule has 0 radical (unpaired) electrons. The Balaban J connectivity index is 1.45. The first-order valence-electron chi connectivity index (χ1n) is 19.2. The molecule has 0 spiro atoms. The number of aromatic nitrogens is 3. The monoisotopic (exact) mass is 641 g/mol. The van der Waals surface area contributed by atoms with Crippen LogP contribution in [0.4, 0.5) is 0 Å². The van der Waals surface area contributed by atoms with E-state index in [2.05, 4.69) is 56.3 Å². The molecule has 0 bridgehead atoms. The Kier molecular flexibility index (Phi) is 15.3. The van der Waals surface area contributed by atoms with Crippen molar-refractivity contribution in [2.24, 2.45) is 22.8 Å². The lowest BCUT2D eigenvalue weighted by Crippen LogP contribution is -2.67. The SMILES string of the molecule is CCC1CCCCCCC(C)(CCCCn2cc(CCC(=O)NC3(C)CC(C)(N)CCCC3(C)N)nn2)C/C=C(/C)CCCCC1. The number of rotatable bonds is 10. The maximum absolute atomic E-state index is 13.1. The highest BCUT2D eigenvalue weighted by Crippen LogP contribution is 2.38. The molecule has 264 valence electrons. The first-order chi connectivity index (χ1) is 21.7. The number of carbonyl (C=O) groups is 1. The van der Waals surface area contributed by atoms with E-state index in [1.165, 1.54) is 96.3 Å². The molecule has 1 saturated carbocycles. The maximum atomic E-state index is 13.1. The summed E-state index contributed by atoms with van der Waals surface area (Å²) in [5.74, 6) is 0.949. The van der Waals surface area contributed by atoms with Gasteiger partial charge in [-0.2, -0.15) is 0 Å². The molecule has 7 nitrogen and oxygen atoms in total. The highest BCUT2D eigenvalue weighted by molar-refractivity contribution is 5.77. The topological polar surface area (TPSA) is 112 Å². The van der Waals surface area contributed by atoms with Gasteiger partial charge in [0.1, 0.15) is 0 Å². The number of hydrogen-bond donors (Lipinski definition) is 3. The van der Waals surface area contributed by atoms with Crippen LogP contribution in [0.25, 0.3) is 0 Å². The minimum atomic E-state index is -0.546. The van der Waals surface area contributed by atoms with E-state index in [1.54, 1.807) is 5.57 Å². The minimum absolute atomic E-state index is 0.00312. The third-order valence-electron chi connectivity index (χ3n) is 11.8. The molecule has 1 fully saturated rings. The van der Waals surface area contributed by atoms with Crippen molar-refractivity contribution in [1.82, 2.24) is 20.3 Å². The Labute approximate surface area is 282 Å². The maximum Gasteiger partial charge on any atom is 0.220 e. The normalized spacial score (nSPS) is 33.9. The molecular weight excluding hydrogens is 568 g/mol. The number of hydrogen-bond acceptors (Lipinski definition) is 5. The number of nitrogens with zero attached hydrogens (tertiary/aromatic N) is 3. The van der Waals surface area contributed by atoms with Crippen molar-refractivity contribution in [3.8, 4) is 0 Å². The average molecular weight is 641 g/mol. The third-order valence-corrected chi connectivity index (χ3v) is 11.8. The van der Waals surface area contributed by atoms with Crippen molar-refractivity contribution in [3.63, 3.8) is 0 Å². The summed E-state index contributed by atoms with van der Waals surface area (Å²) in [6.07, 6.45) is 30.2. The summed E-state index contributed by atoms with van der Waals surface area (Å²) in [4.78, 5) is 13.1. The van der Waals surface area contributed by atoms with E-state index >= 15 is 0 Å². The second-order valence-electron chi connectivity index (χ2n) is 16.8. The summed E-state index contributed by atoms with van der Waals surface area (Å²) in [5, 5.41) is 12.0. The minimum Gasteiger partial charge on any atom is -0.349 e. The van der Waals surface area contributed by atoms with Crippen molar-refractivity contribution < 1.29 is 4.79 Å². The van der Waals surface area contributed by atoms with Crippen LogP contribution in [0.1, 0.15) is 182 Å². The molecule has 1 amide bonds. The van der Waals surface area contributed by atoms with Crippen molar-refractivity contribution in [2.75, 3.05) is 0 Å². The Morgan fingerprint density at radius 2 is 1.67 bits per heavy atom.